The number of aromatic amines is 1. The van der Waals surface area contributed by atoms with Gasteiger partial charge in [0.1, 0.15) is 11.7 Å². The molecule has 27 heavy (non-hydrogen) atoms. The van der Waals surface area contributed by atoms with Crippen molar-refractivity contribution in [1.82, 2.24) is 20.1 Å². The number of carbonyl (C=O) groups is 3. The van der Waals surface area contributed by atoms with Gasteiger partial charge in [0.25, 0.3) is 0 Å². The van der Waals surface area contributed by atoms with E-state index in [4.69, 9.17) is 4.74 Å². The molecule has 0 bridgehead atoms. The highest BCUT2D eigenvalue weighted by Crippen LogP contribution is 2.21. The van der Waals surface area contributed by atoms with Gasteiger partial charge in [0, 0.05) is 30.8 Å². The van der Waals surface area contributed by atoms with Crippen LogP contribution >= 0.6 is 0 Å². The fourth-order valence-corrected chi connectivity index (χ4v) is 2.88. The second kappa shape index (κ2) is 7.98. The Balaban J connectivity index is 1.68. The molecule has 2 amide bonds. The van der Waals surface area contributed by atoms with Crippen LogP contribution in [-0.4, -0.2) is 57.6 Å². The molecule has 1 fully saturated rings. The number of nitrogens with one attached hydrogen (secondary N) is 2. The standard InChI is InChI=1S/C18H21N5O4/c1-3-27-17(25)14-10-23(8-7-15(14)24)18(26)20-13-6-4-5-12(9-13)16-19-11(2)21-22-16/h4-6,9,14H,3,7-8,10H2,1-2H3,(H,20,26)(H,19,21,22)/t14-/m1/s1. The van der Waals surface area contributed by atoms with Gasteiger partial charge < -0.3 is 15.0 Å². The van der Waals surface area contributed by atoms with Gasteiger partial charge in [-0.3, -0.25) is 14.7 Å². The molecule has 1 aliphatic heterocycles. The number of likely N-dealkylation sites (tertiary alicyclic amines) is 1. The maximum absolute atomic E-state index is 12.6. The SMILES string of the molecule is CCOC(=O)[C@@H]1CN(C(=O)Nc2cccc(-c3n[nH]c(C)n3)c2)CCC1=O. The number of aromatic nitrogens is 3. The number of urea groups is 1. The Morgan fingerprint density at radius 2 is 2.22 bits per heavy atom. The lowest BCUT2D eigenvalue weighted by Crippen LogP contribution is -2.48. The zero-order valence-electron chi connectivity index (χ0n) is 15.2. The van der Waals surface area contributed by atoms with Crippen molar-refractivity contribution in [3.05, 3.63) is 30.1 Å². The Morgan fingerprint density at radius 3 is 2.93 bits per heavy atom. The number of hydrogen-bond donors (Lipinski definition) is 2. The maximum atomic E-state index is 12.6. The van der Waals surface area contributed by atoms with E-state index in [1.165, 1.54) is 4.90 Å². The summed E-state index contributed by atoms with van der Waals surface area (Å²) >= 11 is 0. The number of nitrogens with zero attached hydrogens (tertiary/aromatic N) is 3. The molecule has 1 aromatic carbocycles. The second-order valence-corrected chi connectivity index (χ2v) is 6.22. The summed E-state index contributed by atoms with van der Waals surface area (Å²) in [6, 6.07) is 6.77. The molecule has 0 unspecified atom stereocenters. The van der Waals surface area contributed by atoms with Crippen LogP contribution in [0.25, 0.3) is 11.4 Å². The van der Waals surface area contributed by atoms with Crippen molar-refractivity contribution < 1.29 is 19.1 Å². The Hall–Kier alpha value is -3.23. The largest absolute Gasteiger partial charge is 0.465 e. The van der Waals surface area contributed by atoms with E-state index in [9.17, 15) is 14.4 Å². The highest BCUT2D eigenvalue weighted by Gasteiger charge is 2.35. The van der Waals surface area contributed by atoms with Gasteiger partial charge in [-0.05, 0) is 26.0 Å². The second-order valence-electron chi connectivity index (χ2n) is 6.22. The van der Waals surface area contributed by atoms with Gasteiger partial charge in [-0.15, -0.1) is 0 Å². The zero-order chi connectivity index (χ0) is 19.4. The molecule has 1 aliphatic rings. The normalized spacial score (nSPS) is 16.9. The maximum Gasteiger partial charge on any atom is 0.321 e. The van der Waals surface area contributed by atoms with Crippen LogP contribution in [0.3, 0.4) is 0 Å². The summed E-state index contributed by atoms with van der Waals surface area (Å²) in [5, 5.41) is 9.67. The number of Topliss-reactive ketones (excluding diaryl/α,β-unsaturated/α-hetero) is 1. The number of amides is 2. The lowest BCUT2D eigenvalue weighted by Gasteiger charge is -2.30. The molecule has 0 radical (unpaired) electrons. The molecule has 1 atom stereocenters. The van der Waals surface area contributed by atoms with Crippen LogP contribution in [0.1, 0.15) is 19.2 Å². The summed E-state index contributed by atoms with van der Waals surface area (Å²) in [6.45, 7) is 3.96. The van der Waals surface area contributed by atoms with Crippen molar-refractivity contribution in [3.8, 4) is 11.4 Å². The molecule has 9 nitrogen and oxygen atoms in total. The van der Waals surface area contributed by atoms with E-state index in [1.54, 1.807) is 32.0 Å². The van der Waals surface area contributed by atoms with Crippen molar-refractivity contribution in [1.29, 1.82) is 0 Å². The first-order chi connectivity index (χ1) is 13.0. The van der Waals surface area contributed by atoms with E-state index in [0.29, 0.717) is 17.3 Å². The van der Waals surface area contributed by atoms with Crippen molar-refractivity contribution >= 4 is 23.5 Å². The number of benzene rings is 1. The lowest BCUT2D eigenvalue weighted by atomic mass is 9.97. The quantitative estimate of drug-likeness (QED) is 0.625. The average molecular weight is 371 g/mol. The highest BCUT2D eigenvalue weighted by atomic mass is 16.5. The summed E-state index contributed by atoms with van der Waals surface area (Å²) in [5.41, 5.74) is 1.33. The first kappa shape index (κ1) is 18.6. The third-order valence-electron chi connectivity index (χ3n) is 4.25. The van der Waals surface area contributed by atoms with Gasteiger partial charge in [-0.1, -0.05) is 12.1 Å². The Morgan fingerprint density at radius 1 is 1.41 bits per heavy atom. The summed E-state index contributed by atoms with van der Waals surface area (Å²) in [4.78, 5) is 42.2. The number of ether oxygens (including phenoxy) is 1. The molecule has 2 aromatic rings. The van der Waals surface area contributed by atoms with Gasteiger partial charge in [-0.25, -0.2) is 9.78 Å². The van der Waals surface area contributed by atoms with Gasteiger partial charge in [0.2, 0.25) is 0 Å². The topological polar surface area (TPSA) is 117 Å². The van der Waals surface area contributed by atoms with Gasteiger partial charge in [-0.2, -0.15) is 5.10 Å². The number of anilines is 1. The monoisotopic (exact) mass is 371 g/mol. The summed E-state index contributed by atoms with van der Waals surface area (Å²) in [7, 11) is 0. The first-order valence-electron chi connectivity index (χ1n) is 8.72. The van der Waals surface area contributed by atoms with Crippen molar-refractivity contribution in [2.75, 3.05) is 25.0 Å². The molecule has 9 heteroatoms. The van der Waals surface area contributed by atoms with Crippen molar-refractivity contribution in [2.45, 2.75) is 20.3 Å². The van der Waals surface area contributed by atoms with E-state index in [1.807, 2.05) is 6.07 Å². The van der Waals surface area contributed by atoms with Crippen molar-refractivity contribution in [2.24, 2.45) is 5.92 Å². The van der Waals surface area contributed by atoms with E-state index >= 15 is 0 Å². The molecule has 2 heterocycles. The van der Waals surface area contributed by atoms with Crippen LogP contribution in [0.15, 0.2) is 24.3 Å². The number of carbonyl (C=O) groups excluding carboxylic acids is 3. The molecule has 0 saturated carbocycles. The van der Waals surface area contributed by atoms with E-state index in [2.05, 4.69) is 20.5 Å². The number of aryl methyl sites for hydroxylation is 1. The van der Waals surface area contributed by atoms with Crippen LogP contribution in [0.5, 0.6) is 0 Å². The number of esters is 1. The van der Waals surface area contributed by atoms with Crippen LogP contribution in [0.2, 0.25) is 0 Å². The molecule has 3 rings (SSSR count). The minimum Gasteiger partial charge on any atom is -0.465 e. The Kier molecular flexibility index (Phi) is 5.49. The molecule has 142 valence electrons. The van der Waals surface area contributed by atoms with E-state index in [0.717, 1.165) is 5.56 Å². The smallest absolute Gasteiger partial charge is 0.321 e. The van der Waals surface area contributed by atoms with Gasteiger partial charge in [0.05, 0.1) is 6.61 Å². The van der Waals surface area contributed by atoms with Crippen LogP contribution < -0.4 is 5.32 Å². The number of piperidine rings is 1. The van der Waals surface area contributed by atoms with Gasteiger partial charge in [0.15, 0.2) is 11.6 Å². The number of rotatable bonds is 4. The molecule has 0 spiro atoms. The molecule has 0 aliphatic carbocycles. The van der Waals surface area contributed by atoms with Crippen LogP contribution in [0, 0.1) is 12.8 Å². The summed E-state index contributed by atoms with van der Waals surface area (Å²) in [6.07, 6.45) is 0.132. The minimum atomic E-state index is -0.924. The molecule has 1 aromatic heterocycles. The van der Waals surface area contributed by atoms with Crippen LogP contribution in [-0.2, 0) is 14.3 Å². The third-order valence-corrected chi connectivity index (χ3v) is 4.25. The van der Waals surface area contributed by atoms with E-state index < -0.39 is 11.9 Å². The number of ketones is 1. The molecule has 1 saturated heterocycles. The van der Waals surface area contributed by atoms with Crippen LogP contribution in [0.4, 0.5) is 10.5 Å². The number of hydrogen-bond acceptors (Lipinski definition) is 6. The third kappa shape index (κ3) is 4.30. The predicted octanol–water partition coefficient (Wildman–Crippen LogP) is 1.77. The molecule has 2 N–H and O–H groups in total. The fraction of sp³-hybridized carbons (Fsp3) is 0.389. The minimum absolute atomic E-state index is 0.0172. The van der Waals surface area contributed by atoms with Gasteiger partial charge >= 0.3 is 12.0 Å². The highest BCUT2D eigenvalue weighted by molar-refractivity contribution is 6.01. The van der Waals surface area contributed by atoms with E-state index in [-0.39, 0.29) is 37.9 Å². The average Bonchev–Trinajstić information content (AvgIpc) is 3.09. The lowest BCUT2D eigenvalue weighted by molar-refractivity contribution is -0.153. The number of H-pyrrole nitrogens is 1. The summed E-state index contributed by atoms with van der Waals surface area (Å²) < 4.78 is 4.93. The molecular formula is C18H21N5O4. The Labute approximate surface area is 156 Å². The van der Waals surface area contributed by atoms with Crippen molar-refractivity contribution in [3.63, 3.8) is 0 Å². The predicted molar refractivity (Wildman–Crippen MR) is 96.9 cm³/mol. The summed E-state index contributed by atoms with van der Waals surface area (Å²) in [5.74, 6) is -0.467. The molecular weight excluding hydrogens is 350 g/mol. The Bertz CT molecular complexity index is 863. The fourth-order valence-electron chi connectivity index (χ4n) is 2.88. The first-order valence-corrected chi connectivity index (χ1v) is 8.72. The zero-order valence-corrected chi connectivity index (χ0v) is 15.2.